The van der Waals surface area contributed by atoms with Crippen molar-refractivity contribution in [3.8, 4) is 28.5 Å². The van der Waals surface area contributed by atoms with Gasteiger partial charge in [0.25, 0.3) is 0 Å². The van der Waals surface area contributed by atoms with Crippen molar-refractivity contribution >= 4 is 27.7 Å². The van der Waals surface area contributed by atoms with E-state index in [1.807, 2.05) is 60.7 Å². The molecule has 0 spiro atoms. The number of hydrogen-bond donors (Lipinski definition) is 2. The summed E-state index contributed by atoms with van der Waals surface area (Å²) in [5.74, 6) is 8.23. The summed E-state index contributed by atoms with van der Waals surface area (Å²) in [6.07, 6.45) is 0. The number of nitrogens with zero attached hydrogens (tertiary/aromatic N) is 4. The second-order valence-corrected chi connectivity index (χ2v) is 7.84. The van der Waals surface area contributed by atoms with Crippen LogP contribution in [0.25, 0.3) is 22.8 Å². The average molecular weight is 457 g/mol. The van der Waals surface area contributed by atoms with Crippen molar-refractivity contribution in [1.29, 1.82) is 0 Å². The van der Waals surface area contributed by atoms with Crippen LogP contribution >= 0.6 is 27.7 Å². The quantitative estimate of drug-likeness (QED) is 0.248. The van der Waals surface area contributed by atoms with Gasteiger partial charge in [-0.2, -0.15) is 5.10 Å². The Morgan fingerprint density at radius 2 is 1.86 bits per heavy atom. The first-order valence-electron chi connectivity index (χ1n) is 8.53. The van der Waals surface area contributed by atoms with Crippen LogP contribution in [0.5, 0.6) is 5.75 Å². The Bertz CT molecular complexity index is 1050. The molecular formula is C19H17BrN6OS. The van der Waals surface area contributed by atoms with Crippen molar-refractivity contribution in [2.24, 2.45) is 0 Å². The van der Waals surface area contributed by atoms with E-state index in [0.29, 0.717) is 29.0 Å². The fourth-order valence-corrected chi connectivity index (χ4v) is 3.51. The second kappa shape index (κ2) is 8.49. The Labute approximate surface area is 174 Å². The van der Waals surface area contributed by atoms with E-state index in [1.54, 1.807) is 0 Å². The van der Waals surface area contributed by atoms with Gasteiger partial charge in [-0.1, -0.05) is 58.0 Å². The summed E-state index contributed by atoms with van der Waals surface area (Å²) in [7, 11) is 0. The van der Waals surface area contributed by atoms with Crippen molar-refractivity contribution in [3.05, 3.63) is 65.1 Å². The Kier molecular flexibility index (Phi) is 5.63. The molecule has 0 amide bonds. The van der Waals surface area contributed by atoms with Crippen molar-refractivity contribution in [3.63, 3.8) is 0 Å². The zero-order valence-electron chi connectivity index (χ0n) is 14.7. The van der Waals surface area contributed by atoms with E-state index in [0.717, 1.165) is 21.5 Å². The maximum absolute atomic E-state index is 6.17. The van der Waals surface area contributed by atoms with Crippen molar-refractivity contribution in [2.75, 3.05) is 18.2 Å². The first kappa shape index (κ1) is 18.6. The van der Waals surface area contributed by atoms with E-state index in [4.69, 9.17) is 10.6 Å². The zero-order valence-corrected chi connectivity index (χ0v) is 17.2. The van der Waals surface area contributed by atoms with E-state index in [-0.39, 0.29) is 0 Å². The van der Waals surface area contributed by atoms with Crippen molar-refractivity contribution < 1.29 is 4.74 Å². The smallest absolute Gasteiger partial charge is 0.210 e. The monoisotopic (exact) mass is 456 g/mol. The molecule has 0 aliphatic heterocycles. The molecule has 2 aromatic carbocycles. The van der Waals surface area contributed by atoms with Gasteiger partial charge in [0, 0.05) is 15.8 Å². The number of nitrogen functional groups attached to an aromatic ring is 1. The Hall–Kier alpha value is -2.78. The minimum Gasteiger partial charge on any atom is -0.493 e. The lowest BCUT2D eigenvalue weighted by Gasteiger charge is -2.06. The number of hydrogen-bond acceptors (Lipinski definition) is 6. The van der Waals surface area contributed by atoms with Gasteiger partial charge in [0.05, 0.1) is 12.3 Å². The SMILES string of the molecule is Nn1c(SCCOc2ccc(Br)cc2)nnc1-c1cc(-c2ccccc2)n[nH]1. The minimum absolute atomic E-state index is 0.533. The highest BCUT2D eigenvalue weighted by molar-refractivity contribution is 9.10. The predicted molar refractivity (Wildman–Crippen MR) is 114 cm³/mol. The van der Waals surface area contributed by atoms with Crippen LogP contribution in [0.2, 0.25) is 0 Å². The number of nitrogens with two attached hydrogens (primary N) is 1. The Morgan fingerprint density at radius 1 is 1.07 bits per heavy atom. The van der Waals surface area contributed by atoms with E-state index in [9.17, 15) is 0 Å². The number of rotatable bonds is 7. The summed E-state index contributed by atoms with van der Waals surface area (Å²) < 4.78 is 8.20. The fourth-order valence-electron chi connectivity index (χ4n) is 2.58. The molecule has 28 heavy (non-hydrogen) atoms. The summed E-state index contributed by atoms with van der Waals surface area (Å²) >= 11 is 4.89. The molecule has 9 heteroatoms. The molecule has 0 fully saturated rings. The Morgan fingerprint density at radius 3 is 2.64 bits per heavy atom. The maximum Gasteiger partial charge on any atom is 0.210 e. The van der Waals surface area contributed by atoms with Crippen LogP contribution in [0.3, 0.4) is 0 Å². The number of thioether (sulfide) groups is 1. The molecule has 0 bridgehead atoms. The standard InChI is InChI=1S/C19H17BrN6OS/c20-14-6-8-15(9-7-14)27-10-11-28-19-25-24-18(26(19)21)17-12-16(22-23-17)13-4-2-1-3-5-13/h1-9,12H,10-11,21H2,(H,22,23). The molecule has 142 valence electrons. The number of aromatic amines is 1. The maximum atomic E-state index is 6.17. The van der Waals surface area contributed by atoms with Crippen LogP contribution in [0.15, 0.2) is 70.3 Å². The predicted octanol–water partition coefficient (Wildman–Crippen LogP) is 3.98. The number of aromatic nitrogens is 5. The number of nitrogens with one attached hydrogen (secondary N) is 1. The summed E-state index contributed by atoms with van der Waals surface area (Å²) in [6, 6.07) is 19.5. The van der Waals surface area contributed by atoms with Gasteiger partial charge in [-0.15, -0.1) is 10.2 Å². The lowest BCUT2D eigenvalue weighted by molar-refractivity contribution is 0.344. The summed E-state index contributed by atoms with van der Waals surface area (Å²) in [6.45, 7) is 0.538. The van der Waals surface area contributed by atoms with Crippen molar-refractivity contribution in [2.45, 2.75) is 5.16 Å². The van der Waals surface area contributed by atoms with Gasteiger partial charge in [0.2, 0.25) is 11.0 Å². The zero-order chi connectivity index (χ0) is 19.3. The highest BCUT2D eigenvalue weighted by Crippen LogP contribution is 2.24. The first-order valence-corrected chi connectivity index (χ1v) is 10.3. The molecule has 0 saturated heterocycles. The molecule has 7 nitrogen and oxygen atoms in total. The van der Waals surface area contributed by atoms with Gasteiger partial charge in [0.1, 0.15) is 11.4 Å². The molecule has 0 radical (unpaired) electrons. The Balaban J connectivity index is 1.38. The van der Waals surface area contributed by atoms with Gasteiger partial charge in [-0.25, -0.2) is 4.68 Å². The number of H-pyrrole nitrogens is 1. The van der Waals surface area contributed by atoms with E-state index in [1.165, 1.54) is 16.4 Å². The topological polar surface area (TPSA) is 94.6 Å². The highest BCUT2D eigenvalue weighted by atomic mass is 79.9. The normalized spacial score (nSPS) is 10.9. The number of ether oxygens (including phenoxy) is 1. The molecule has 3 N–H and O–H groups in total. The molecule has 2 heterocycles. The molecule has 0 atom stereocenters. The average Bonchev–Trinajstić information content (AvgIpc) is 3.34. The first-order chi connectivity index (χ1) is 13.7. The van der Waals surface area contributed by atoms with Crippen LogP contribution in [0.4, 0.5) is 0 Å². The number of benzene rings is 2. The number of halogens is 1. The van der Waals surface area contributed by atoms with Crippen molar-refractivity contribution in [1.82, 2.24) is 25.1 Å². The van der Waals surface area contributed by atoms with E-state index >= 15 is 0 Å². The van der Waals surface area contributed by atoms with Crippen LogP contribution in [-0.2, 0) is 0 Å². The third-order valence-corrected chi connectivity index (χ3v) is 5.39. The molecule has 2 aromatic heterocycles. The van der Waals surface area contributed by atoms with Crippen LogP contribution in [0.1, 0.15) is 0 Å². The molecule has 0 aliphatic carbocycles. The molecule has 4 rings (SSSR count). The molecular weight excluding hydrogens is 440 g/mol. The largest absolute Gasteiger partial charge is 0.493 e. The molecule has 4 aromatic rings. The van der Waals surface area contributed by atoms with Crippen LogP contribution in [-0.4, -0.2) is 37.4 Å². The van der Waals surface area contributed by atoms with Gasteiger partial charge < -0.3 is 10.6 Å². The summed E-state index contributed by atoms with van der Waals surface area (Å²) in [5, 5.41) is 16.3. The lowest BCUT2D eigenvalue weighted by Crippen LogP contribution is -2.12. The van der Waals surface area contributed by atoms with E-state index < -0.39 is 0 Å². The fraction of sp³-hybridized carbons (Fsp3) is 0.105. The van der Waals surface area contributed by atoms with Gasteiger partial charge in [-0.3, -0.25) is 5.10 Å². The molecule has 0 saturated carbocycles. The summed E-state index contributed by atoms with van der Waals surface area (Å²) in [4.78, 5) is 0. The third-order valence-electron chi connectivity index (χ3n) is 3.95. The van der Waals surface area contributed by atoms with Gasteiger partial charge in [-0.05, 0) is 30.3 Å². The van der Waals surface area contributed by atoms with E-state index in [2.05, 4.69) is 36.3 Å². The highest BCUT2D eigenvalue weighted by Gasteiger charge is 2.15. The third kappa shape index (κ3) is 4.20. The second-order valence-electron chi connectivity index (χ2n) is 5.86. The molecule has 0 aliphatic rings. The molecule has 0 unspecified atom stereocenters. The summed E-state index contributed by atoms with van der Waals surface area (Å²) in [5.41, 5.74) is 2.57. The van der Waals surface area contributed by atoms with Crippen LogP contribution in [0, 0.1) is 0 Å². The lowest BCUT2D eigenvalue weighted by atomic mass is 10.1. The van der Waals surface area contributed by atoms with Gasteiger partial charge >= 0.3 is 0 Å². The van der Waals surface area contributed by atoms with Crippen LogP contribution < -0.4 is 10.6 Å². The van der Waals surface area contributed by atoms with Gasteiger partial charge in [0.15, 0.2) is 0 Å². The minimum atomic E-state index is 0.533.